The smallest absolute Gasteiger partial charge is 0.232 e. The first kappa shape index (κ1) is 22.5. The summed E-state index contributed by atoms with van der Waals surface area (Å²) in [4.78, 5) is 18.8. The summed E-state index contributed by atoms with van der Waals surface area (Å²) in [5.74, 6) is 0.838. The second-order valence-electron chi connectivity index (χ2n) is 6.98. The van der Waals surface area contributed by atoms with Crippen molar-refractivity contribution < 1.29 is 13.9 Å². The van der Waals surface area contributed by atoms with Gasteiger partial charge < -0.3 is 14.5 Å². The predicted octanol–water partition coefficient (Wildman–Crippen LogP) is 5.54. The number of nitrogens with zero attached hydrogens (tertiary/aromatic N) is 2. The quantitative estimate of drug-likeness (QED) is 0.399. The molecule has 7 heteroatoms. The van der Waals surface area contributed by atoms with E-state index in [0.717, 1.165) is 15.9 Å². The van der Waals surface area contributed by atoms with Crippen molar-refractivity contribution in [2.24, 2.45) is 0 Å². The van der Waals surface area contributed by atoms with Crippen LogP contribution in [0.3, 0.4) is 0 Å². The van der Waals surface area contributed by atoms with E-state index in [2.05, 4.69) is 28.3 Å². The van der Waals surface area contributed by atoms with Gasteiger partial charge in [-0.3, -0.25) is 4.79 Å². The topological polar surface area (TPSA) is 77.3 Å². The molecule has 31 heavy (non-hydrogen) atoms. The Kier molecular flexibility index (Phi) is 7.76. The summed E-state index contributed by atoms with van der Waals surface area (Å²) in [7, 11) is 1.94. The Morgan fingerprint density at radius 2 is 1.90 bits per heavy atom. The van der Waals surface area contributed by atoms with Gasteiger partial charge in [0, 0.05) is 22.5 Å². The molecule has 0 aliphatic heterocycles. The number of oxazole rings is 1. The van der Waals surface area contributed by atoms with Gasteiger partial charge in [0.25, 0.3) is 0 Å². The summed E-state index contributed by atoms with van der Waals surface area (Å²) in [6.07, 6.45) is 1.92. The Balaban J connectivity index is 0.000000210. The van der Waals surface area contributed by atoms with Crippen LogP contribution in [-0.2, 0) is 6.61 Å². The summed E-state index contributed by atoms with van der Waals surface area (Å²) in [5.41, 5.74) is 3.57. The molecule has 0 saturated heterocycles. The van der Waals surface area contributed by atoms with Gasteiger partial charge in [0.1, 0.15) is 12.0 Å². The number of hydrogen-bond acceptors (Lipinski definition) is 6. The predicted molar refractivity (Wildman–Crippen MR) is 122 cm³/mol. The molecule has 0 aliphatic rings. The molecular weight excluding hydrogens is 414 g/mol. The van der Waals surface area contributed by atoms with Gasteiger partial charge in [-0.05, 0) is 56.8 Å². The molecule has 0 aliphatic carbocycles. The molecule has 1 unspecified atom stereocenters. The summed E-state index contributed by atoms with van der Waals surface area (Å²) in [6, 6.07) is 18.0. The number of aldehydes is 1. The molecule has 0 spiro atoms. The molecule has 4 rings (SSSR count). The zero-order valence-electron chi connectivity index (χ0n) is 17.6. The van der Waals surface area contributed by atoms with E-state index in [0.29, 0.717) is 24.1 Å². The first-order valence-electron chi connectivity index (χ1n) is 9.81. The number of rotatable bonds is 6. The summed E-state index contributed by atoms with van der Waals surface area (Å²) >= 11 is 5.74. The second-order valence-corrected chi connectivity index (χ2v) is 7.42. The number of aromatic nitrogens is 2. The largest absolute Gasteiger partial charge is 0.468 e. The molecule has 0 saturated carbocycles. The van der Waals surface area contributed by atoms with Gasteiger partial charge in [0.05, 0.1) is 5.52 Å². The molecule has 1 atom stereocenters. The van der Waals surface area contributed by atoms with Crippen LogP contribution in [-0.4, -0.2) is 23.3 Å². The third-order valence-corrected chi connectivity index (χ3v) is 4.91. The van der Waals surface area contributed by atoms with E-state index >= 15 is 0 Å². The van der Waals surface area contributed by atoms with Crippen molar-refractivity contribution in [1.29, 1.82) is 0 Å². The fourth-order valence-corrected chi connectivity index (χ4v) is 2.93. The van der Waals surface area contributed by atoms with Gasteiger partial charge in [-0.2, -0.15) is 0 Å². The maximum absolute atomic E-state index is 10.5. The van der Waals surface area contributed by atoms with Crippen LogP contribution in [0.15, 0.2) is 65.3 Å². The van der Waals surface area contributed by atoms with E-state index in [1.165, 1.54) is 17.4 Å². The molecule has 4 aromatic rings. The van der Waals surface area contributed by atoms with Crippen LogP contribution < -0.4 is 10.1 Å². The number of pyridine rings is 1. The lowest BCUT2D eigenvalue weighted by molar-refractivity contribution is 0.111. The van der Waals surface area contributed by atoms with Gasteiger partial charge in [0.15, 0.2) is 12.9 Å². The van der Waals surface area contributed by atoms with E-state index in [1.807, 2.05) is 56.4 Å². The van der Waals surface area contributed by atoms with Crippen LogP contribution in [0.4, 0.5) is 0 Å². The Morgan fingerprint density at radius 3 is 2.58 bits per heavy atom. The SMILES string of the molecule is CNC(C)c1ccc(Cl)cc1.Cc1ccc2nc(OCc3nc(C=O)co3)ccc2c1. The van der Waals surface area contributed by atoms with Crippen molar-refractivity contribution in [2.75, 3.05) is 7.05 Å². The van der Waals surface area contributed by atoms with E-state index in [-0.39, 0.29) is 12.3 Å². The van der Waals surface area contributed by atoms with Gasteiger partial charge >= 0.3 is 0 Å². The van der Waals surface area contributed by atoms with E-state index in [1.54, 1.807) is 6.07 Å². The van der Waals surface area contributed by atoms with Gasteiger partial charge in [-0.15, -0.1) is 0 Å². The Labute approximate surface area is 186 Å². The second kappa shape index (κ2) is 10.7. The van der Waals surface area contributed by atoms with Gasteiger partial charge in [-0.25, -0.2) is 9.97 Å². The summed E-state index contributed by atoms with van der Waals surface area (Å²) in [6.45, 7) is 4.29. The third-order valence-electron chi connectivity index (χ3n) is 4.66. The number of hydrogen-bond donors (Lipinski definition) is 1. The molecule has 2 heterocycles. The zero-order chi connectivity index (χ0) is 22.2. The number of halogens is 1. The van der Waals surface area contributed by atoms with E-state index < -0.39 is 0 Å². The van der Waals surface area contributed by atoms with Crippen LogP contribution >= 0.6 is 11.6 Å². The molecule has 0 radical (unpaired) electrons. The van der Waals surface area contributed by atoms with Crippen molar-refractivity contribution in [1.82, 2.24) is 15.3 Å². The maximum atomic E-state index is 10.5. The number of fused-ring (bicyclic) bond motifs is 1. The minimum Gasteiger partial charge on any atom is -0.468 e. The summed E-state index contributed by atoms with van der Waals surface area (Å²) in [5, 5.41) is 5.01. The van der Waals surface area contributed by atoms with E-state index in [4.69, 9.17) is 20.8 Å². The first-order valence-corrected chi connectivity index (χ1v) is 10.2. The highest BCUT2D eigenvalue weighted by atomic mass is 35.5. The van der Waals surface area contributed by atoms with Crippen LogP contribution in [0, 0.1) is 6.92 Å². The van der Waals surface area contributed by atoms with Crippen molar-refractivity contribution in [2.45, 2.75) is 26.5 Å². The highest BCUT2D eigenvalue weighted by Crippen LogP contribution is 2.19. The van der Waals surface area contributed by atoms with Gasteiger partial charge in [-0.1, -0.05) is 35.4 Å². The van der Waals surface area contributed by atoms with Crippen molar-refractivity contribution in [3.05, 3.63) is 88.6 Å². The zero-order valence-corrected chi connectivity index (χ0v) is 18.4. The minimum atomic E-state index is 0.137. The molecular formula is C24H24ClN3O3. The molecule has 0 fully saturated rings. The highest BCUT2D eigenvalue weighted by Gasteiger charge is 2.05. The Bertz CT molecular complexity index is 1140. The summed E-state index contributed by atoms with van der Waals surface area (Å²) < 4.78 is 10.6. The van der Waals surface area contributed by atoms with Crippen molar-refractivity contribution in [3.8, 4) is 5.88 Å². The Morgan fingerprint density at radius 1 is 1.13 bits per heavy atom. The molecule has 160 valence electrons. The average Bonchev–Trinajstić information content (AvgIpc) is 3.26. The maximum Gasteiger partial charge on any atom is 0.232 e. The van der Waals surface area contributed by atoms with Crippen LogP contribution in [0.5, 0.6) is 5.88 Å². The number of benzene rings is 2. The monoisotopic (exact) mass is 437 g/mol. The molecule has 2 aromatic heterocycles. The fraction of sp³-hybridized carbons (Fsp3) is 0.208. The molecule has 6 nitrogen and oxygen atoms in total. The van der Waals surface area contributed by atoms with Crippen LogP contribution in [0.25, 0.3) is 10.9 Å². The van der Waals surface area contributed by atoms with Crippen molar-refractivity contribution >= 4 is 28.8 Å². The number of carbonyl (C=O) groups excluding carboxylic acids is 1. The number of aryl methyl sites for hydroxylation is 1. The fourth-order valence-electron chi connectivity index (χ4n) is 2.81. The lowest BCUT2D eigenvalue weighted by Crippen LogP contribution is -2.11. The molecule has 1 N–H and O–H groups in total. The molecule has 0 amide bonds. The number of carbonyl (C=O) groups is 1. The number of nitrogens with one attached hydrogen (secondary N) is 1. The van der Waals surface area contributed by atoms with Gasteiger partial charge in [0.2, 0.25) is 11.8 Å². The minimum absolute atomic E-state index is 0.137. The first-order chi connectivity index (χ1) is 15.0. The standard InChI is InChI=1S/C15H12N2O3.C9H12ClN/c1-10-2-4-13-11(6-10)3-5-14(17-13)20-9-15-16-12(7-18)8-19-15;1-7(11-2)8-3-5-9(10)6-4-8/h2-8H,9H2,1H3;3-7,11H,1-2H3. The molecule has 0 bridgehead atoms. The van der Waals surface area contributed by atoms with E-state index in [9.17, 15) is 4.79 Å². The lowest BCUT2D eigenvalue weighted by Gasteiger charge is -2.09. The van der Waals surface area contributed by atoms with Crippen LogP contribution in [0.1, 0.15) is 40.5 Å². The number of ether oxygens (including phenoxy) is 1. The average molecular weight is 438 g/mol. The third kappa shape index (κ3) is 6.38. The van der Waals surface area contributed by atoms with Crippen molar-refractivity contribution in [3.63, 3.8) is 0 Å². The lowest BCUT2D eigenvalue weighted by atomic mass is 10.1. The molecule has 2 aromatic carbocycles. The normalized spacial score (nSPS) is 11.5. The highest BCUT2D eigenvalue weighted by molar-refractivity contribution is 6.30. The Hall–Kier alpha value is -3.22. The van der Waals surface area contributed by atoms with Crippen LogP contribution in [0.2, 0.25) is 5.02 Å².